The van der Waals surface area contributed by atoms with Crippen LogP contribution in [0.2, 0.25) is 0 Å². The lowest BCUT2D eigenvalue weighted by Gasteiger charge is -2.12. The third-order valence-electron chi connectivity index (χ3n) is 3.31. The molecule has 6 nitrogen and oxygen atoms in total. The summed E-state index contributed by atoms with van der Waals surface area (Å²) in [5.41, 5.74) is 6.75. The summed E-state index contributed by atoms with van der Waals surface area (Å²) in [6, 6.07) is 0.0134. The third kappa shape index (κ3) is 3.30. The van der Waals surface area contributed by atoms with Crippen LogP contribution in [0.4, 0.5) is 5.82 Å². The number of anilines is 1. The molecule has 0 aromatic carbocycles. The second-order valence-corrected chi connectivity index (χ2v) is 6.13. The summed E-state index contributed by atoms with van der Waals surface area (Å²) in [5.74, 6) is 0.890. The van der Waals surface area contributed by atoms with Crippen molar-refractivity contribution >= 4 is 33.3 Å². The fourth-order valence-electron chi connectivity index (χ4n) is 2.26. The first-order valence-corrected chi connectivity index (χ1v) is 7.70. The van der Waals surface area contributed by atoms with Crippen LogP contribution in [0.1, 0.15) is 40.8 Å². The van der Waals surface area contributed by atoms with E-state index in [9.17, 15) is 4.79 Å². The van der Waals surface area contributed by atoms with E-state index in [1.54, 1.807) is 6.92 Å². The van der Waals surface area contributed by atoms with E-state index in [4.69, 9.17) is 10.8 Å². The number of nitrogens with two attached hydrogens (primary N) is 1. The number of nitrogens with one attached hydrogen (secondary N) is 1. The number of rotatable bonds is 5. The van der Waals surface area contributed by atoms with E-state index in [-0.39, 0.29) is 18.6 Å². The molecule has 0 spiro atoms. The molecule has 1 amide bonds. The summed E-state index contributed by atoms with van der Waals surface area (Å²) in [7, 11) is 0. The number of aromatic nitrogens is 2. The van der Waals surface area contributed by atoms with Crippen LogP contribution >= 0.6 is 11.3 Å². The summed E-state index contributed by atoms with van der Waals surface area (Å²) in [4.78, 5) is 22.2. The molecule has 0 aliphatic heterocycles. The number of aryl methyl sites for hydroxylation is 2. The smallest absolute Gasteiger partial charge is 0.261 e. The Morgan fingerprint density at radius 1 is 1.43 bits per heavy atom. The summed E-state index contributed by atoms with van der Waals surface area (Å²) in [6.45, 7) is 5.70. The molecular weight excluding hydrogens is 288 g/mol. The van der Waals surface area contributed by atoms with Crippen molar-refractivity contribution < 1.29 is 9.90 Å². The Bertz CT molecular complexity index is 669. The number of hydrogen-bond acceptors (Lipinski definition) is 6. The van der Waals surface area contributed by atoms with Gasteiger partial charge in [-0.25, -0.2) is 9.97 Å². The third-order valence-corrected chi connectivity index (χ3v) is 4.49. The minimum atomic E-state index is -0.127. The van der Waals surface area contributed by atoms with Gasteiger partial charge in [0.05, 0.1) is 10.3 Å². The number of nitrogen functional groups attached to an aromatic ring is 1. The Hall–Kier alpha value is -1.73. The first-order valence-electron chi connectivity index (χ1n) is 6.89. The number of aliphatic hydroxyl groups is 1. The van der Waals surface area contributed by atoms with Crippen molar-refractivity contribution in [3.63, 3.8) is 0 Å². The molecule has 0 bridgehead atoms. The van der Waals surface area contributed by atoms with Crippen LogP contribution in [0, 0.1) is 13.8 Å². The van der Waals surface area contributed by atoms with Crippen LogP contribution in [0.5, 0.6) is 0 Å². The van der Waals surface area contributed by atoms with Crippen molar-refractivity contribution in [3.05, 3.63) is 16.3 Å². The van der Waals surface area contributed by atoms with E-state index in [1.807, 2.05) is 13.8 Å². The molecule has 21 heavy (non-hydrogen) atoms. The lowest BCUT2D eigenvalue weighted by atomic mass is 10.1. The van der Waals surface area contributed by atoms with Gasteiger partial charge in [-0.3, -0.25) is 4.79 Å². The number of carbonyl (C=O) groups is 1. The maximum atomic E-state index is 12.4. The highest BCUT2D eigenvalue weighted by molar-refractivity contribution is 7.20. The zero-order valence-corrected chi connectivity index (χ0v) is 13.3. The topological polar surface area (TPSA) is 101 Å². The van der Waals surface area contributed by atoms with E-state index < -0.39 is 0 Å². The number of aliphatic hydroxyl groups excluding tert-OH is 1. The molecule has 2 aromatic rings. The van der Waals surface area contributed by atoms with Gasteiger partial charge in [0.1, 0.15) is 16.5 Å². The molecule has 0 radical (unpaired) electrons. The average molecular weight is 308 g/mol. The molecule has 2 aromatic heterocycles. The minimum Gasteiger partial charge on any atom is -0.396 e. The van der Waals surface area contributed by atoms with Crippen LogP contribution in [-0.2, 0) is 0 Å². The van der Waals surface area contributed by atoms with Gasteiger partial charge in [0, 0.05) is 12.6 Å². The van der Waals surface area contributed by atoms with Crippen LogP contribution in [-0.4, -0.2) is 33.6 Å². The van der Waals surface area contributed by atoms with Crippen molar-refractivity contribution in [3.8, 4) is 0 Å². The predicted molar refractivity (Wildman–Crippen MR) is 84.5 cm³/mol. The fourth-order valence-corrected chi connectivity index (χ4v) is 3.39. The van der Waals surface area contributed by atoms with E-state index in [0.717, 1.165) is 22.2 Å². The molecule has 114 valence electrons. The van der Waals surface area contributed by atoms with Gasteiger partial charge in [-0.05, 0) is 39.2 Å². The Morgan fingerprint density at radius 3 is 2.81 bits per heavy atom. The molecule has 0 aliphatic carbocycles. The van der Waals surface area contributed by atoms with Crippen molar-refractivity contribution in [1.82, 2.24) is 15.3 Å². The number of hydrogen-bond donors (Lipinski definition) is 3. The number of amides is 1. The van der Waals surface area contributed by atoms with Crippen LogP contribution in [0.3, 0.4) is 0 Å². The molecule has 0 saturated carbocycles. The van der Waals surface area contributed by atoms with Crippen molar-refractivity contribution in [2.45, 2.75) is 39.7 Å². The molecule has 2 heterocycles. The Labute approximate surface area is 127 Å². The van der Waals surface area contributed by atoms with E-state index >= 15 is 0 Å². The lowest BCUT2D eigenvalue weighted by Crippen LogP contribution is -2.32. The number of nitrogens with zero attached hydrogens (tertiary/aromatic N) is 2. The summed E-state index contributed by atoms with van der Waals surface area (Å²) in [6.07, 6.45) is 1.41. The van der Waals surface area contributed by atoms with Crippen molar-refractivity contribution in [2.75, 3.05) is 12.3 Å². The Kier molecular flexibility index (Phi) is 4.74. The van der Waals surface area contributed by atoms with Gasteiger partial charge in [-0.1, -0.05) is 0 Å². The molecule has 0 aliphatic rings. The summed E-state index contributed by atoms with van der Waals surface area (Å²) >= 11 is 1.33. The average Bonchev–Trinajstić information content (AvgIpc) is 2.73. The van der Waals surface area contributed by atoms with Gasteiger partial charge < -0.3 is 16.2 Å². The molecule has 1 unspecified atom stereocenters. The van der Waals surface area contributed by atoms with Gasteiger partial charge in [-0.15, -0.1) is 11.3 Å². The normalized spacial score (nSPS) is 12.6. The van der Waals surface area contributed by atoms with Crippen molar-refractivity contribution in [1.29, 1.82) is 0 Å². The van der Waals surface area contributed by atoms with E-state index in [1.165, 1.54) is 11.3 Å². The van der Waals surface area contributed by atoms with Crippen LogP contribution in [0.25, 0.3) is 10.2 Å². The van der Waals surface area contributed by atoms with Gasteiger partial charge in [-0.2, -0.15) is 0 Å². The first kappa shape index (κ1) is 15.7. The highest BCUT2D eigenvalue weighted by Gasteiger charge is 2.20. The molecule has 0 saturated heterocycles. The lowest BCUT2D eigenvalue weighted by molar-refractivity contribution is 0.0940. The highest BCUT2D eigenvalue weighted by atomic mass is 32.1. The molecule has 2 rings (SSSR count). The molecular formula is C14H20N4O2S. The number of carbonyl (C=O) groups excluding carboxylic acids is 1. The monoisotopic (exact) mass is 308 g/mol. The van der Waals surface area contributed by atoms with Crippen LogP contribution < -0.4 is 11.1 Å². The highest BCUT2D eigenvalue weighted by Crippen LogP contribution is 2.32. The van der Waals surface area contributed by atoms with E-state index in [0.29, 0.717) is 22.9 Å². The van der Waals surface area contributed by atoms with E-state index in [2.05, 4.69) is 15.3 Å². The fraction of sp³-hybridized carbons (Fsp3) is 0.500. The zero-order chi connectivity index (χ0) is 15.6. The second-order valence-electron chi connectivity index (χ2n) is 5.13. The summed E-state index contributed by atoms with van der Waals surface area (Å²) < 4.78 is 0. The minimum absolute atomic E-state index is 0.0134. The number of thiophene rings is 1. The standard InChI is InChI=1S/C14H20N4O2S/c1-7(5-4-6-19)16-13(20)11-8(2)10-12(15)17-9(3)18-14(10)21-11/h7,19H,4-6H2,1-3H3,(H,16,20)(H2,15,17,18). The first-order chi connectivity index (χ1) is 9.93. The number of fused-ring (bicyclic) bond motifs is 1. The molecule has 7 heteroatoms. The second kappa shape index (κ2) is 6.36. The molecule has 1 atom stereocenters. The van der Waals surface area contributed by atoms with Crippen molar-refractivity contribution in [2.24, 2.45) is 0 Å². The Morgan fingerprint density at radius 2 is 2.14 bits per heavy atom. The SMILES string of the molecule is Cc1nc(N)c2c(C)c(C(=O)NC(C)CCCO)sc2n1. The quantitative estimate of drug-likeness (QED) is 0.781. The largest absolute Gasteiger partial charge is 0.396 e. The molecule has 0 fully saturated rings. The van der Waals surface area contributed by atoms with Gasteiger partial charge in [0.25, 0.3) is 5.91 Å². The predicted octanol–water partition coefficient (Wildman–Crippen LogP) is 1.78. The van der Waals surface area contributed by atoms with Gasteiger partial charge in [0.15, 0.2) is 0 Å². The maximum Gasteiger partial charge on any atom is 0.261 e. The maximum absolute atomic E-state index is 12.4. The van der Waals surface area contributed by atoms with Gasteiger partial charge in [0.2, 0.25) is 0 Å². The molecule has 4 N–H and O–H groups in total. The Balaban J connectivity index is 2.28. The zero-order valence-electron chi connectivity index (χ0n) is 12.4. The van der Waals surface area contributed by atoms with Gasteiger partial charge >= 0.3 is 0 Å². The van der Waals surface area contributed by atoms with Crippen LogP contribution in [0.15, 0.2) is 0 Å². The summed E-state index contributed by atoms with van der Waals surface area (Å²) in [5, 5.41) is 12.5.